The van der Waals surface area contributed by atoms with E-state index in [2.05, 4.69) is 15.5 Å². The minimum atomic E-state index is -0.432. The molecule has 0 saturated carbocycles. The first-order valence-electron chi connectivity index (χ1n) is 5.52. The molecule has 0 aliphatic carbocycles. The molecule has 17 heavy (non-hydrogen) atoms. The van der Waals surface area contributed by atoms with Gasteiger partial charge in [0.25, 0.3) is 5.91 Å². The minimum Gasteiger partial charge on any atom is -0.396 e. The predicted molar refractivity (Wildman–Crippen MR) is 61.1 cm³/mol. The first-order chi connectivity index (χ1) is 8.15. The molecule has 1 atom stereocenters. The number of amides is 2. The van der Waals surface area contributed by atoms with Crippen LogP contribution in [0.3, 0.4) is 0 Å². The molecule has 1 aliphatic heterocycles. The number of aromatic nitrogens is 2. The molecule has 2 rings (SSSR count). The van der Waals surface area contributed by atoms with E-state index in [1.54, 1.807) is 0 Å². The van der Waals surface area contributed by atoms with Gasteiger partial charge < -0.3 is 16.0 Å². The first-order valence-corrected chi connectivity index (χ1v) is 5.52. The van der Waals surface area contributed by atoms with Crippen LogP contribution in [0.4, 0.5) is 5.69 Å². The Morgan fingerprint density at radius 1 is 1.71 bits per heavy atom. The summed E-state index contributed by atoms with van der Waals surface area (Å²) in [7, 11) is 0. The van der Waals surface area contributed by atoms with Crippen LogP contribution in [-0.2, 0) is 4.79 Å². The largest absolute Gasteiger partial charge is 0.396 e. The van der Waals surface area contributed by atoms with Gasteiger partial charge in [0.2, 0.25) is 5.91 Å². The van der Waals surface area contributed by atoms with Gasteiger partial charge in [0.15, 0.2) is 0 Å². The number of carbonyl (C=O) groups excluding carboxylic acids is 2. The van der Waals surface area contributed by atoms with E-state index < -0.39 is 6.04 Å². The van der Waals surface area contributed by atoms with Crippen LogP contribution in [0.25, 0.3) is 0 Å². The van der Waals surface area contributed by atoms with Crippen LogP contribution in [0.5, 0.6) is 0 Å². The van der Waals surface area contributed by atoms with Crippen molar-refractivity contribution in [2.24, 2.45) is 0 Å². The number of H-pyrrole nitrogens is 1. The van der Waals surface area contributed by atoms with Crippen LogP contribution in [0.15, 0.2) is 6.20 Å². The Labute approximate surface area is 98.4 Å². The fourth-order valence-corrected chi connectivity index (χ4v) is 1.97. The summed E-state index contributed by atoms with van der Waals surface area (Å²) in [6.07, 6.45) is 1.96. The number of anilines is 1. The number of carbonyl (C=O) groups is 2. The highest BCUT2D eigenvalue weighted by atomic mass is 16.2. The number of hydrogen-bond donors (Lipinski definition) is 3. The van der Waals surface area contributed by atoms with Gasteiger partial charge >= 0.3 is 0 Å². The molecule has 1 aromatic rings. The zero-order valence-electron chi connectivity index (χ0n) is 9.56. The summed E-state index contributed by atoms with van der Waals surface area (Å²) < 4.78 is 0. The Bertz CT molecular complexity index is 442. The number of rotatable bonds is 2. The molecule has 0 spiro atoms. The molecular formula is C10H15N5O2. The quantitative estimate of drug-likeness (QED) is 0.635. The summed E-state index contributed by atoms with van der Waals surface area (Å²) in [4.78, 5) is 25.4. The number of piperazine rings is 1. The molecule has 1 aliphatic rings. The van der Waals surface area contributed by atoms with Crippen molar-refractivity contribution in [1.29, 1.82) is 0 Å². The van der Waals surface area contributed by atoms with Gasteiger partial charge in [-0.15, -0.1) is 0 Å². The van der Waals surface area contributed by atoms with Crippen molar-refractivity contribution in [3.8, 4) is 0 Å². The third kappa shape index (κ3) is 1.95. The summed E-state index contributed by atoms with van der Waals surface area (Å²) >= 11 is 0. The molecule has 7 nitrogen and oxygen atoms in total. The summed E-state index contributed by atoms with van der Waals surface area (Å²) in [5.74, 6) is -0.396. The maximum absolute atomic E-state index is 12.2. The Kier molecular flexibility index (Phi) is 2.99. The topological polar surface area (TPSA) is 104 Å². The molecule has 0 radical (unpaired) electrons. The number of nitrogens with one attached hydrogen (secondary N) is 2. The van der Waals surface area contributed by atoms with Crippen LogP contribution in [-0.4, -0.2) is 46.0 Å². The van der Waals surface area contributed by atoms with Gasteiger partial charge in [-0.2, -0.15) is 5.10 Å². The summed E-state index contributed by atoms with van der Waals surface area (Å²) in [6, 6.07) is -0.432. The van der Waals surface area contributed by atoms with Crippen LogP contribution < -0.4 is 11.1 Å². The van der Waals surface area contributed by atoms with Gasteiger partial charge in [-0.25, -0.2) is 0 Å². The van der Waals surface area contributed by atoms with Gasteiger partial charge in [-0.05, 0) is 6.42 Å². The molecule has 2 heterocycles. The molecule has 1 aromatic heterocycles. The van der Waals surface area contributed by atoms with Crippen molar-refractivity contribution < 1.29 is 9.59 Å². The second-order valence-electron chi connectivity index (χ2n) is 3.91. The highest BCUT2D eigenvalue weighted by Gasteiger charge is 2.33. The lowest BCUT2D eigenvalue weighted by molar-refractivity contribution is -0.127. The summed E-state index contributed by atoms with van der Waals surface area (Å²) in [5, 5.41) is 9.01. The average molecular weight is 237 g/mol. The average Bonchev–Trinajstić information content (AvgIpc) is 2.74. The van der Waals surface area contributed by atoms with Crippen molar-refractivity contribution in [2.75, 3.05) is 18.8 Å². The number of nitrogens with two attached hydrogens (primary N) is 1. The second-order valence-corrected chi connectivity index (χ2v) is 3.91. The van der Waals surface area contributed by atoms with Crippen molar-refractivity contribution in [2.45, 2.75) is 19.4 Å². The van der Waals surface area contributed by atoms with Gasteiger partial charge in [-0.3, -0.25) is 14.7 Å². The smallest absolute Gasteiger partial charge is 0.274 e. The SMILES string of the molecule is CCC1C(=O)NCCN1C(=O)c1[nH]ncc1N. The summed E-state index contributed by atoms with van der Waals surface area (Å²) in [5.41, 5.74) is 6.18. The molecule has 0 bridgehead atoms. The van der Waals surface area contributed by atoms with E-state index in [0.29, 0.717) is 25.2 Å². The Balaban J connectivity index is 2.24. The molecule has 4 N–H and O–H groups in total. The lowest BCUT2D eigenvalue weighted by atomic mass is 10.1. The van der Waals surface area contributed by atoms with Crippen molar-refractivity contribution in [3.63, 3.8) is 0 Å². The molecule has 1 saturated heterocycles. The third-order valence-electron chi connectivity index (χ3n) is 2.86. The molecule has 2 amide bonds. The zero-order chi connectivity index (χ0) is 12.4. The van der Waals surface area contributed by atoms with Gasteiger partial charge in [0.1, 0.15) is 11.7 Å². The zero-order valence-corrected chi connectivity index (χ0v) is 9.56. The molecule has 0 aromatic carbocycles. The van der Waals surface area contributed by atoms with Gasteiger partial charge in [0, 0.05) is 13.1 Å². The monoisotopic (exact) mass is 237 g/mol. The fourth-order valence-electron chi connectivity index (χ4n) is 1.97. The third-order valence-corrected chi connectivity index (χ3v) is 2.86. The first kappa shape index (κ1) is 11.4. The lowest BCUT2D eigenvalue weighted by Crippen LogP contribution is -2.57. The number of nitrogen functional groups attached to an aromatic ring is 1. The van der Waals surface area contributed by atoms with Crippen molar-refractivity contribution in [1.82, 2.24) is 20.4 Å². The van der Waals surface area contributed by atoms with E-state index in [1.165, 1.54) is 11.1 Å². The maximum Gasteiger partial charge on any atom is 0.274 e. The van der Waals surface area contributed by atoms with Crippen molar-refractivity contribution >= 4 is 17.5 Å². The van der Waals surface area contributed by atoms with E-state index in [0.717, 1.165) is 0 Å². The fraction of sp³-hybridized carbons (Fsp3) is 0.500. The molecule has 92 valence electrons. The highest BCUT2D eigenvalue weighted by Crippen LogP contribution is 2.15. The van der Waals surface area contributed by atoms with Gasteiger partial charge in [-0.1, -0.05) is 6.92 Å². The van der Waals surface area contributed by atoms with Crippen LogP contribution >= 0.6 is 0 Å². The number of hydrogen-bond acceptors (Lipinski definition) is 4. The molecule has 7 heteroatoms. The Hall–Kier alpha value is -2.05. The summed E-state index contributed by atoms with van der Waals surface area (Å²) in [6.45, 7) is 2.82. The minimum absolute atomic E-state index is 0.120. The van der Waals surface area contributed by atoms with Crippen molar-refractivity contribution in [3.05, 3.63) is 11.9 Å². The standard InChI is InChI=1S/C10H15N5O2/c1-2-7-9(16)12-3-4-15(7)10(17)8-6(11)5-13-14-8/h5,7H,2-4,11H2,1H3,(H,12,16)(H,13,14). The Morgan fingerprint density at radius 3 is 3.06 bits per heavy atom. The normalized spacial score (nSPS) is 20.2. The number of nitrogens with zero attached hydrogens (tertiary/aromatic N) is 2. The maximum atomic E-state index is 12.2. The van der Waals surface area contributed by atoms with E-state index in [-0.39, 0.29) is 17.5 Å². The van der Waals surface area contributed by atoms with E-state index in [1.807, 2.05) is 6.92 Å². The second kappa shape index (κ2) is 4.44. The molecule has 1 unspecified atom stereocenters. The van der Waals surface area contributed by atoms with E-state index in [4.69, 9.17) is 5.73 Å². The lowest BCUT2D eigenvalue weighted by Gasteiger charge is -2.34. The molecular weight excluding hydrogens is 222 g/mol. The highest BCUT2D eigenvalue weighted by molar-refractivity contribution is 6.00. The van der Waals surface area contributed by atoms with E-state index >= 15 is 0 Å². The predicted octanol–water partition coefficient (Wildman–Crippen LogP) is -0.657. The van der Waals surface area contributed by atoms with Crippen LogP contribution in [0.1, 0.15) is 23.8 Å². The van der Waals surface area contributed by atoms with Crippen LogP contribution in [0.2, 0.25) is 0 Å². The Morgan fingerprint density at radius 2 is 2.47 bits per heavy atom. The van der Waals surface area contributed by atoms with E-state index in [9.17, 15) is 9.59 Å². The molecule has 1 fully saturated rings. The van der Waals surface area contributed by atoms with Gasteiger partial charge in [0.05, 0.1) is 11.9 Å². The number of aromatic amines is 1. The van der Waals surface area contributed by atoms with Crippen LogP contribution in [0, 0.1) is 0 Å².